The molecule has 0 radical (unpaired) electrons. The summed E-state index contributed by atoms with van der Waals surface area (Å²) in [5.41, 5.74) is 1.93. The van der Waals surface area contributed by atoms with Gasteiger partial charge in [0.15, 0.2) is 0 Å². The van der Waals surface area contributed by atoms with Crippen LogP contribution in [0.25, 0.3) is 10.9 Å². The number of hydrogen-bond donors (Lipinski definition) is 3. The molecule has 6 heteroatoms. The molecular weight excluding hydrogens is 226 g/mol. The summed E-state index contributed by atoms with van der Waals surface area (Å²) in [6, 6.07) is 7.76. The number of rotatable bonds is 4. The van der Waals surface area contributed by atoms with Gasteiger partial charge < -0.3 is 4.98 Å². The number of fused-ring (bicyclic) bond motifs is 1. The van der Waals surface area contributed by atoms with Gasteiger partial charge in [-0.05, 0) is 11.6 Å². The minimum absolute atomic E-state index is 0.271. The molecule has 0 bridgehead atoms. The second-order valence-corrected chi connectivity index (χ2v) is 5.09. The Morgan fingerprint density at radius 3 is 2.81 bits per heavy atom. The molecule has 2 rings (SSSR count). The lowest BCUT2D eigenvalue weighted by Gasteiger charge is -2.03. The maximum absolute atomic E-state index is 11.2. The van der Waals surface area contributed by atoms with Crippen molar-refractivity contribution in [3.8, 4) is 0 Å². The van der Waals surface area contributed by atoms with Crippen LogP contribution in [0.1, 0.15) is 5.56 Å². The number of aromatic nitrogens is 1. The zero-order valence-corrected chi connectivity index (χ0v) is 9.64. The number of hydrogen-bond acceptors (Lipinski definition) is 2. The molecule has 86 valence electrons. The van der Waals surface area contributed by atoms with Crippen molar-refractivity contribution < 1.29 is 8.42 Å². The largest absolute Gasteiger partial charge is 0.361 e. The van der Waals surface area contributed by atoms with Crippen molar-refractivity contribution in [1.29, 1.82) is 0 Å². The summed E-state index contributed by atoms with van der Waals surface area (Å²) in [5.74, 6) is 0. The van der Waals surface area contributed by atoms with Crippen LogP contribution in [0.5, 0.6) is 0 Å². The number of nitrogens with one attached hydrogen (secondary N) is 3. The predicted molar refractivity (Wildman–Crippen MR) is 63.1 cm³/mol. The van der Waals surface area contributed by atoms with Crippen LogP contribution in [-0.4, -0.2) is 20.4 Å². The average Bonchev–Trinajstić information content (AvgIpc) is 2.70. The van der Waals surface area contributed by atoms with E-state index in [1.54, 1.807) is 0 Å². The Hall–Kier alpha value is -1.37. The topological polar surface area (TPSA) is 74.0 Å². The van der Waals surface area contributed by atoms with Gasteiger partial charge in [0.2, 0.25) is 0 Å². The summed E-state index contributed by atoms with van der Waals surface area (Å²) in [5, 5.41) is 1.03. The molecular formula is C10H13N3O2S. The Balaban J connectivity index is 2.22. The fourth-order valence-corrected chi connectivity index (χ4v) is 2.01. The van der Waals surface area contributed by atoms with Crippen molar-refractivity contribution in [1.82, 2.24) is 14.4 Å². The summed E-state index contributed by atoms with van der Waals surface area (Å²) >= 11 is 0. The van der Waals surface area contributed by atoms with Crippen LogP contribution in [0, 0.1) is 0 Å². The Kier molecular flexibility index (Phi) is 2.95. The SMILES string of the molecule is CNS(=O)(=O)NCc1c[nH]c2ccccc12. The third-order valence-corrected chi connectivity index (χ3v) is 3.46. The van der Waals surface area contributed by atoms with Gasteiger partial charge in [-0.25, -0.2) is 4.72 Å². The molecule has 0 atom stereocenters. The molecule has 0 aliphatic rings. The van der Waals surface area contributed by atoms with E-state index in [2.05, 4.69) is 14.4 Å². The van der Waals surface area contributed by atoms with Crippen LogP contribution in [0.2, 0.25) is 0 Å². The monoisotopic (exact) mass is 239 g/mol. The highest BCUT2D eigenvalue weighted by molar-refractivity contribution is 7.87. The van der Waals surface area contributed by atoms with E-state index in [-0.39, 0.29) is 6.54 Å². The third kappa shape index (κ3) is 2.24. The molecule has 3 N–H and O–H groups in total. The molecule has 0 saturated heterocycles. The van der Waals surface area contributed by atoms with Crippen molar-refractivity contribution >= 4 is 21.1 Å². The van der Waals surface area contributed by atoms with Crippen LogP contribution in [-0.2, 0) is 16.8 Å². The molecule has 1 heterocycles. The molecule has 0 aliphatic heterocycles. The Morgan fingerprint density at radius 2 is 2.06 bits per heavy atom. The van der Waals surface area contributed by atoms with Crippen molar-refractivity contribution in [2.45, 2.75) is 6.54 Å². The van der Waals surface area contributed by atoms with Gasteiger partial charge >= 0.3 is 0 Å². The number of aromatic amines is 1. The summed E-state index contributed by atoms with van der Waals surface area (Å²) < 4.78 is 27.0. The van der Waals surface area contributed by atoms with E-state index in [1.807, 2.05) is 30.5 Å². The zero-order valence-electron chi connectivity index (χ0n) is 8.82. The quantitative estimate of drug-likeness (QED) is 0.735. The minimum Gasteiger partial charge on any atom is -0.361 e. The lowest BCUT2D eigenvalue weighted by Crippen LogP contribution is -2.33. The van der Waals surface area contributed by atoms with E-state index in [4.69, 9.17) is 0 Å². The molecule has 2 aromatic rings. The molecule has 16 heavy (non-hydrogen) atoms. The predicted octanol–water partition coefficient (Wildman–Crippen LogP) is 0.722. The van der Waals surface area contributed by atoms with Crippen LogP contribution in [0.15, 0.2) is 30.5 Å². The lowest BCUT2D eigenvalue weighted by atomic mass is 10.2. The van der Waals surface area contributed by atoms with Crippen LogP contribution < -0.4 is 9.44 Å². The maximum Gasteiger partial charge on any atom is 0.276 e. The fourth-order valence-electron chi connectivity index (χ4n) is 1.52. The molecule has 0 unspecified atom stereocenters. The van der Waals surface area contributed by atoms with Gasteiger partial charge in [-0.15, -0.1) is 0 Å². The highest BCUT2D eigenvalue weighted by atomic mass is 32.2. The van der Waals surface area contributed by atoms with Gasteiger partial charge in [0.1, 0.15) is 0 Å². The van der Waals surface area contributed by atoms with E-state index in [9.17, 15) is 8.42 Å². The van der Waals surface area contributed by atoms with E-state index >= 15 is 0 Å². The lowest BCUT2D eigenvalue weighted by molar-refractivity contribution is 0.573. The fraction of sp³-hybridized carbons (Fsp3) is 0.200. The van der Waals surface area contributed by atoms with Crippen molar-refractivity contribution in [2.75, 3.05) is 7.05 Å². The molecule has 0 aliphatic carbocycles. The molecule has 5 nitrogen and oxygen atoms in total. The minimum atomic E-state index is -3.38. The Labute approximate surface area is 94.0 Å². The first kappa shape index (κ1) is 11.1. The van der Waals surface area contributed by atoms with Crippen LogP contribution in [0.3, 0.4) is 0 Å². The highest BCUT2D eigenvalue weighted by Crippen LogP contribution is 2.17. The Morgan fingerprint density at radius 1 is 1.31 bits per heavy atom. The highest BCUT2D eigenvalue weighted by Gasteiger charge is 2.08. The Bertz CT molecular complexity index is 589. The average molecular weight is 239 g/mol. The normalized spacial score (nSPS) is 12.1. The summed E-state index contributed by atoms with van der Waals surface area (Å²) in [7, 11) is -2.01. The van der Waals surface area contributed by atoms with Gasteiger partial charge in [0, 0.05) is 30.7 Å². The second kappa shape index (κ2) is 4.25. The number of para-hydroxylation sites is 1. The van der Waals surface area contributed by atoms with Gasteiger partial charge in [-0.3, -0.25) is 0 Å². The molecule has 1 aromatic carbocycles. The summed E-state index contributed by atoms with van der Waals surface area (Å²) in [6.45, 7) is 0.271. The number of benzene rings is 1. The van der Waals surface area contributed by atoms with Crippen molar-refractivity contribution in [3.05, 3.63) is 36.0 Å². The number of H-pyrrole nitrogens is 1. The van der Waals surface area contributed by atoms with Gasteiger partial charge in [-0.1, -0.05) is 18.2 Å². The smallest absolute Gasteiger partial charge is 0.276 e. The second-order valence-electron chi connectivity index (χ2n) is 3.39. The third-order valence-electron chi connectivity index (χ3n) is 2.40. The summed E-state index contributed by atoms with van der Waals surface area (Å²) in [4.78, 5) is 3.09. The van der Waals surface area contributed by atoms with Gasteiger partial charge in [0.05, 0.1) is 0 Å². The standard InChI is InChI=1S/C10H13N3O2S/c1-11-16(14,15)13-7-8-6-12-10-5-3-2-4-9(8)10/h2-6,11-13H,7H2,1H3. The molecule has 0 fully saturated rings. The molecule has 0 amide bonds. The first-order valence-electron chi connectivity index (χ1n) is 4.85. The summed E-state index contributed by atoms with van der Waals surface area (Å²) in [6.07, 6.45) is 1.81. The molecule has 1 aromatic heterocycles. The van der Waals surface area contributed by atoms with Gasteiger partial charge in [-0.2, -0.15) is 13.1 Å². The van der Waals surface area contributed by atoms with E-state index in [1.165, 1.54) is 7.05 Å². The van der Waals surface area contributed by atoms with Crippen LogP contribution in [0.4, 0.5) is 0 Å². The molecule has 0 spiro atoms. The first-order valence-corrected chi connectivity index (χ1v) is 6.34. The van der Waals surface area contributed by atoms with E-state index in [0.717, 1.165) is 16.5 Å². The first-order chi connectivity index (χ1) is 7.62. The maximum atomic E-state index is 11.2. The van der Waals surface area contributed by atoms with Crippen molar-refractivity contribution in [3.63, 3.8) is 0 Å². The molecule has 0 saturated carbocycles. The van der Waals surface area contributed by atoms with Gasteiger partial charge in [0.25, 0.3) is 10.2 Å². The van der Waals surface area contributed by atoms with E-state index in [0.29, 0.717) is 0 Å². The van der Waals surface area contributed by atoms with Crippen LogP contribution >= 0.6 is 0 Å². The van der Waals surface area contributed by atoms with E-state index < -0.39 is 10.2 Å². The van der Waals surface area contributed by atoms with Crippen molar-refractivity contribution in [2.24, 2.45) is 0 Å². The zero-order chi connectivity index (χ0) is 11.6.